The molecule has 10 aromatic rings. The first-order chi connectivity index (χ1) is 28.8. The van der Waals surface area contributed by atoms with Gasteiger partial charge < -0.3 is 9.88 Å². The van der Waals surface area contributed by atoms with Crippen LogP contribution in [0.2, 0.25) is 0 Å². The molecule has 0 saturated heterocycles. The lowest BCUT2D eigenvalue weighted by molar-refractivity contribution is 0.769. The predicted octanol–water partition coefficient (Wildman–Crippen LogP) is 13.6. The first-order valence-corrected chi connectivity index (χ1v) is 20.1. The van der Waals surface area contributed by atoms with Gasteiger partial charge in [0.15, 0.2) is 0 Å². The van der Waals surface area contributed by atoms with Crippen molar-refractivity contribution in [3.63, 3.8) is 0 Å². The van der Waals surface area contributed by atoms with E-state index < -0.39 is 5.41 Å². The summed E-state index contributed by atoms with van der Waals surface area (Å²) in [6.07, 6.45) is 0. The van der Waals surface area contributed by atoms with Gasteiger partial charge >= 0.3 is 0 Å². The minimum Gasteiger partial charge on any atom is -0.371 e. The molecule has 0 amide bonds. The molecular weight excluding hydrogens is 703 g/mol. The molecule has 1 aliphatic heterocycles. The Morgan fingerprint density at radius 2 is 1.12 bits per heavy atom. The third kappa shape index (κ3) is 4.71. The summed E-state index contributed by atoms with van der Waals surface area (Å²) in [5.74, 6) is 0. The van der Waals surface area contributed by atoms with Crippen LogP contribution in [0, 0.1) is 0 Å². The Kier molecular flexibility index (Phi) is 7.21. The van der Waals surface area contributed by atoms with Gasteiger partial charge in [-0.05, 0) is 97.7 Å². The highest BCUT2D eigenvalue weighted by Crippen LogP contribution is 2.59. The highest BCUT2D eigenvalue weighted by Gasteiger charge is 2.47. The molecule has 1 atom stereocenters. The lowest BCUT2D eigenvalue weighted by Crippen LogP contribution is -2.28. The fourth-order valence-corrected chi connectivity index (χ4v) is 10.0. The van der Waals surface area contributed by atoms with E-state index in [1.165, 1.54) is 66.0 Å². The number of nitrogens with one attached hydrogen (secondary N) is 1. The van der Waals surface area contributed by atoms with Gasteiger partial charge in [0.05, 0.1) is 39.6 Å². The average molecular weight is 740 g/mol. The lowest BCUT2D eigenvalue weighted by atomic mass is 9.67. The Hall–Kier alpha value is -7.49. The standard InChI is InChI=1S/C55H37N3/c1-4-17-37(18-5-1)53-54(57-49-26-14-13-25-48(49)56-53)38-28-31-41(32-29-38)58-50-27-15-12-24-43(50)44-34-45-47(35-51(44)58)55(39-19-6-2-7-20-39,40-21-8-3-9-22-40)46-33-30-36-16-10-11-23-42(36)52(45)46/h1-35,54,57H. The van der Waals surface area contributed by atoms with E-state index >= 15 is 0 Å². The van der Waals surface area contributed by atoms with Gasteiger partial charge in [-0.2, -0.15) is 0 Å². The number of fused-ring (bicyclic) bond motifs is 9. The number of hydrogen-bond acceptors (Lipinski definition) is 2. The van der Waals surface area contributed by atoms with E-state index in [-0.39, 0.29) is 6.04 Å². The Bertz CT molecular complexity index is 3190. The van der Waals surface area contributed by atoms with Gasteiger partial charge in [-0.25, -0.2) is 4.99 Å². The predicted molar refractivity (Wildman–Crippen MR) is 241 cm³/mol. The average Bonchev–Trinajstić information content (AvgIpc) is 3.79. The molecule has 1 aromatic heterocycles. The number of hydrogen-bond donors (Lipinski definition) is 1. The molecule has 1 N–H and O–H groups in total. The van der Waals surface area contributed by atoms with Crippen molar-refractivity contribution in [1.82, 2.24) is 4.57 Å². The van der Waals surface area contributed by atoms with Gasteiger partial charge in [0.1, 0.15) is 0 Å². The molecule has 272 valence electrons. The molecule has 2 aliphatic rings. The summed E-state index contributed by atoms with van der Waals surface area (Å²) >= 11 is 0. The van der Waals surface area contributed by atoms with Crippen LogP contribution < -0.4 is 5.32 Å². The molecule has 1 aliphatic carbocycles. The number of para-hydroxylation sites is 3. The summed E-state index contributed by atoms with van der Waals surface area (Å²) in [4.78, 5) is 5.21. The van der Waals surface area contributed by atoms with Crippen molar-refractivity contribution in [2.75, 3.05) is 5.32 Å². The summed E-state index contributed by atoms with van der Waals surface area (Å²) in [7, 11) is 0. The maximum atomic E-state index is 5.21. The van der Waals surface area contributed by atoms with Crippen molar-refractivity contribution >= 4 is 49.7 Å². The van der Waals surface area contributed by atoms with Crippen molar-refractivity contribution in [3.8, 4) is 16.8 Å². The summed E-state index contributed by atoms with van der Waals surface area (Å²) in [5, 5.41) is 8.85. The van der Waals surface area contributed by atoms with Gasteiger partial charge in [-0.1, -0.05) is 170 Å². The van der Waals surface area contributed by atoms with E-state index in [0.717, 1.165) is 33.9 Å². The lowest BCUT2D eigenvalue weighted by Gasteiger charge is -2.34. The monoisotopic (exact) mass is 739 g/mol. The highest BCUT2D eigenvalue weighted by molar-refractivity contribution is 6.14. The molecule has 0 spiro atoms. The van der Waals surface area contributed by atoms with Crippen LogP contribution in [0.15, 0.2) is 217 Å². The Morgan fingerprint density at radius 1 is 0.483 bits per heavy atom. The van der Waals surface area contributed by atoms with E-state index in [2.05, 4.69) is 216 Å². The normalized spacial score (nSPS) is 15.1. The number of anilines is 1. The van der Waals surface area contributed by atoms with Crippen molar-refractivity contribution in [3.05, 3.63) is 246 Å². The van der Waals surface area contributed by atoms with Crippen LogP contribution in [0.5, 0.6) is 0 Å². The van der Waals surface area contributed by atoms with Crippen LogP contribution in [0.3, 0.4) is 0 Å². The fraction of sp³-hybridized carbons (Fsp3) is 0.0364. The second kappa shape index (κ2) is 12.8. The minimum absolute atomic E-state index is 0.0987. The van der Waals surface area contributed by atoms with E-state index in [1.54, 1.807) is 0 Å². The maximum absolute atomic E-state index is 5.21. The number of aromatic nitrogens is 1. The maximum Gasteiger partial charge on any atom is 0.0947 e. The highest BCUT2D eigenvalue weighted by atomic mass is 15.0. The van der Waals surface area contributed by atoms with Crippen LogP contribution in [-0.4, -0.2) is 10.3 Å². The number of benzene rings is 9. The van der Waals surface area contributed by atoms with Gasteiger partial charge in [0.25, 0.3) is 0 Å². The number of nitrogens with zero attached hydrogens (tertiary/aromatic N) is 2. The van der Waals surface area contributed by atoms with E-state index in [1.807, 2.05) is 6.07 Å². The van der Waals surface area contributed by atoms with Gasteiger partial charge in [-0.15, -0.1) is 0 Å². The van der Waals surface area contributed by atoms with E-state index in [0.29, 0.717) is 0 Å². The molecule has 2 heterocycles. The summed E-state index contributed by atoms with van der Waals surface area (Å²) in [6.45, 7) is 0. The van der Waals surface area contributed by atoms with Crippen molar-refractivity contribution < 1.29 is 0 Å². The first-order valence-electron chi connectivity index (χ1n) is 20.1. The van der Waals surface area contributed by atoms with Gasteiger partial charge in [0, 0.05) is 16.5 Å². The van der Waals surface area contributed by atoms with Crippen molar-refractivity contribution in [1.29, 1.82) is 0 Å². The quantitative estimate of drug-likeness (QED) is 0.187. The molecular formula is C55H37N3. The molecule has 0 bridgehead atoms. The summed E-state index contributed by atoms with van der Waals surface area (Å²) in [5.41, 5.74) is 16.1. The minimum atomic E-state index is -0.521. The molecule has 0 saturated carbocycles. The van der Waals surface area contributed by atoms with E-state index in [4.69, 9.17) is 4.99 Å². The molecule has 3 nitrogen and oxygen atoms in total. The SMILES string of the molecule is c1ccc(C2=Nc3ccccc3NC2c2ccc(-n3c4ccccc4c4cc5c(cc43)C(c3ccccc3)(c3ccccc3)c3ccc4ccccc4c3-5)cc2)cc1. The Balaban J connectivity index is 1.10. The molecule has 12 rings (SSSR count). The zero-order valence-corrected chi connectivity index (χ0v) is 31.7. The van der Waals surface area contributed by atoms with Crippen LogP contribution >= 0.6 is 0 Å². The van der Waals surface area contributed by atoms with Crippen LogP contribution in [0.25, 0.3) is 49.4 Å². The topological polar surface area (TPSA) is 29.3 Å². The molecule has 3 heteroatoms. The molecule has 0 radical (unpaired) electrons. The third-order valence-electron chi connectivity index (χ3n) is 12.5. The molecule has 0 fully saturated rings. The van der Waals surface area contributed by atoms with Gasteiger partial charge in [0.2, 0.25) is 0 Å². The Labute approximate surface area is 337 Å². The van der Waals surface area contributed by atoms with Crippen molar-refractivity contribution in [2.24, 2.45) is 4.99 Å². The number of rotatable bonds is 5. The van der Waals surface area contributed by atoms with Crippen LogP contribution in [0.4, 0.5) is 11.4 Å². The fourth-order valence-electron chi connectivity index (χ4n) is 10.0. The largest absolute Gasteiger partial charge is 0.371 e. The zero-order chi connectivity index (χ0) is 38.2. The summed E-state index contributed by atoms with van der Waals surface area (Å²) < 4.78 is 2.46. The van der Waals surface area contributed by atoms with Crippen LogP contribution in [0.1, 0.15) is 39.4 Å². The molecule has 1 unspecified atom stereocenters. The van der Waals surface area contributed by atoms with Gasteiger partial charge in [-0.3, -0.25) is 0 Å². The second-order valence-electron chi connectivity index (χ2n) is 15.5. The smallest absolute Gasteiger partial charge is 0.0947 e. The Morgan fingerprint density at radius 3 is 1.88 bits per heavy atom. The number of aliphatic imine (C=N–C) groups is 1. The summed E-state index contributed by atoms with van der Waals surface area (Å²) in [6, 6.07) is 77.5. The third-order valence-corrected chi connectivity index (χ3v) is 12.5. The molecule has 9 aromatic carbocycles. The van der Waals surface area contributed by atoms with E-state index in [9.17, 15) is 0 Å². The van der Waals surface area contributed by atoms with Crippen LogP contribution in [-0.2, 0) is 5.41 Å². The zero-order valence-electron chi connectivity index (χ0n) is 31.7. The first kappa shape index (κ1) is 32.7. The second-order valence-corrected chi connectivity index (χ2v) is 15.5. The van der Waals surface area contributed by atoms with Crippen molar-refractivity contribution in [2.45, 2.75) is 11.5 Å². The molecule has 58 heavy (non-hydrogen) atoms.